The van der Waals surface area contributed by atoms with E-state index in [4.69, 9.17) is 56.8 Å². The summed E-state index contributed by atoms with van der Waals surface area (Å²) in [5.74, 6) is -0.562. The van der Waals surface area contributed by atoms with E-state index in [1.54, 1.807) is 13.8 Å². The minimum Gasteiger partial charge on any atom is -0.462 e. The van der Waals surface area contributed by atoms with Gasteiger partial charge in [-0.3, -0.25) is 52.7 Å². The molecule has 0 aromatic carbocycles. The van der Waals surface area contributed by atoms with Crippen LogP contribution in [-0.2, 0) is 114 Å². The predicted molar refractivity (Wildman–Crippen MR) is 547 cm³/mol. The Morgan fingerprint density at radius 1 is 0.367 bits per heavy atom. The van der Waals surface area contributed by atoms with Crippen LogP contribution >= 0.6 is 0 Å². The highest BCUT2D eigenvalue weighted by Gasteiger charge is 2.75. The largest absolute Gasteiger partial charge is 0.462 e. The first-order valence-electron chi connectivity index (χ1n) is 56.8. The predicted octanol–water partition coefficient (Wildman–Crippen LogP) is 21.6. The summed E-state index contributed by atoms with van der Waals surface area (Å²) in [5.41, 5.74) is -9.26. The molecule has 14 bridgehead atoms. The maximum Gasteiger partial charge on any atom is 0.344 e. The number of carbonyl (C=O) groups excluding carboxylic acids is 12. The van der Waals surface area contributed by atoms with Gasteiger partial charge in [-0.25, -0.2) is 4.79 Å². The summed E-state index contributed by atoms with van der Waals surface area (Å²) in [6.07, 6.45) is 35.0. The van der Waals surface area contributed by atoms with Crippen molar-refractivity contribution < 1.29 is 130 Å². The van der Waals surface area contributed by atoms with E-state index >= 15 is 0 Å². The summed E-state index contributed by atoms with van der Waals surface area (Å²) in [4.78, 5) is 144. The second-order valence-corrected chi connectivity index (χ2v) is 54.0. The van der Waals surface area contributed by atoms with Crippen molar-refractivity contribution in [2.45, 2.75) is 532 Å². The third kappa shape index (κ3) is 26.1. The fraction of sp³-hybridized carbons (Fsp3) is 0.881. The maximum atomic E-state index is 12.4. The average molecular weight is 2060 g/mol. The molecule has 20 aliphatic rings. The van der Waals surface area contributed by atoms with E-state index in [9.17, 15) is 83.4 Å². The van der Waals surface area contributed by atoms with Gasteiger partial charge in [-0.15, -0.1) is 0 Å². The normalized spacial score (nSPS) is 34.8. The molecule has 19 atom stereocenters. The number of nitrogens with zero attached hydrogens (tertiary/aromatic N) is 2. The molecule has 3 heterocycles. The number of esters is 12. The standard InChI is InChI=1S/C17H21NO6.C16H26O4.C16H26O3.C15H19NO4.C15H28O2.C14H20O4.C13H24O2.C12H22O2/c1-4-16(2,3)14(20)22-7-11(19)23-12-9-5-10-13(12)24-15(21)17(10,6-9)8-18;1-4-13(2,3)12(17)20-16-7-11-5-14(18,9-16)8-15(19,6-11)10-16;1-4-14(2,3)13(17)19-16-8-11-5-12(9-16)7-15(18,6-11)10-16;1-4-14(2,3)12(17)19-10-8-5-9-11(10)20-13(18)15(9,6-8)7-16;1-6-14(2,3)13(16)17-15(4,5)12-10-8-7-9-11-12;1-4-14(2,3)13(16)18-10-7-5-8-9(6-7)12(15)17-11(8)10;1-5-12(3,4)11(14)15-13(6-2)9-7-8-10-13;1-4-12(2,3)11(13)14-10-8-6-5-7-9-10/h9-10,12-13H,4-7H2,1-3H3;11,18-19H,4-10H2,1-3H3;11-12,18H,4-10H2,1-3H3;8-11H,4-6H2,1-3H3;12H,6-11H2,1-5H3;7-11H,4-6H2,1-3H3;5-10H2,1-4H3;10H,4-9H2,1-3H3. The molecule has 0 radical (unpaired) electrons. The fourth-order valence-electron chi connectivity index (χ4n) is 26.8. The number of carbonyl (C=O) groups is 12. The highest BCUT2D eigenvalue weighted by atomic mass is 16.6. The zero-order valence-corrected chi connectivity index (χ0v) is 94.6. The molecule has 17 saturated carbocycles. The van der Waals surface area contributed by atoms with Crippen LogP contribution in [0.5, 0.6) is 0 Å². The van der Waals surface area contributed by atoms with E-state index in [2.05, 4.69) is 32.9 Å². The van der Waals surface area contributed by atoms with E-state index in [-0.39, 0.29) is 141 Å². The molecule has 0 spiro atoms. The molecule has 19 unspecified atom stereocenters. The average Bonchev–Trinajstić information content (AvgIpc) is 1.53. The maximum absolute atomic E-state index is 12.4. The SMILES string of the molecule is CCC(C)(C)C(=O)OC(C)(C)C1CCCCC1.CCC(C)(C)C(=O)OC12CC3CC(CC(O)(C3)C1)C2.CCC(C)(C)C(=O)OC12CC3CC(O)(CC(O)(C3)C1)C2.CCC(C)(C)C(=O)OC1C2CC3C(=O)OC1C3C2.CCC(C)(C)C(=O)OC1C2CC3C1OC(=O)C3(C#N)C2.CCC(C)(C)C(=O)OC1CCCCC1.CCC(C)(C)C(=O)OCC(=O)OC1C2CC3C1OC(=O)C3(C#N)C2.CCC1(OC(=O)C(C)(C)CC)CCCC1. The topological polar surface area (TPSA) is 424 Å². The number of fused-ring (bicyclic) bond motifs is 3. The molecule has 29 nitrogen and oxygen atoms in total. The Bertz CT molecular complexity index is 4770. The zero-order chi connectivity index (χ0) is 109. The molecule has 20 rings (SSSR count). The number of ether oxygens (including phenoxy) is 12. The molecule has 17 aliphatic carbocycles. The van der Waals surface area contributed by atoms with Gasteiger partial charge in [0.1, 0.15) is 65.1 Å². The molecule has 0 aromatic heterocycles. The molecular formula is C118H186N2O27. The summed E-state index contributed by atoms with van der Waals surface area (Å²) in [6.45, 7) is 52.1. The van der Waals surface area contributed by atoms with Crippen molar-refractivity contribution in [1.29, 1.82) is 10.5 Å². The molecule has 0 aromatic rings. The second-order valence-electron chi connectivity index (χ2n) is 54.0. The highest BCUT2D eigenvalue weighted by Crippen LogP contribution is 2.66. The number of nitriles is 2. The third-order valence-corrected chi connectivity index (χ3v) is 39.3. The molecule has 3 aliphatic heterocycles. The van der Waals surface area contributed by atoms with Crippen LogP contribution in [-0.4, -0.2) is 175 Å². The molecule has 830 valence electrons. The van der Waals surface area contributed by atoms with Gasteiger partial charge in [0.15, 0.2) is 17.4 Å². The first-order chi connectivity index (χ1) is 68.2. The summed E-state index contributed by atoms with van der Waals surface area (Å²) in [6, 6.07) is 4.25. The van der Waals surface area contributed by atoms with Crippen molar-refractivity contribution in [3.63, 3.8) is 0 Å². The van der Waals surface area contributed by atoms with Crippen LogP contribution in [0, 0.1) is 142 Å². The summed E-state index contributed by atoms with van der Waals surface area (Å²) in [5, 5.41) is 50.6. The van der Waals surface area contributed by atoms with E-state index < -0.39 is 109 Å². The fourth-order valence-corrected chi connectivity index (χ4v) is 26.8. The Morgan fingerprint density at radius 2 is 0.741 bits per heavy atom. The molecule has 20 fully saturated rings. The second kappa shape index (κ2) is 45.3. The van der Waals surface area contributed by atoms with Crippen molar-refractivity contribution in [1.82, 2.24) is 0 Å². The van der Waals surface area contributed by atoms with Gasteiger partial charge in [-0.05, 0) is 360 Å². The lowest BCUT2D eigenvalue weighted by atomic mass is 9.50. The van der Waals surface area contributed by atoms with Crippen LogP contribution in [0.25, 0.3) is 0 Å². The summed E-state index contributed by atoms with van der Waals surface area (Å²) >= 11 is 0. The minimum absolute atomic E-state index is 0.0197. The smallest absolute Gasteiger partial charge is 0.344 e. The molecule has 3 N–H and O–H groups in total. The van der Waals surface area contributed by atoms with Gasteiger partial charge in [-0.2, -0.15) is 10.5 Å². The van der Waals surface area contributed by atoms with E-state index in [0.29, 0.717) is 87.4 Å². The van der Waals surface area contributed by atoms with Crippen LogP contribution in [0.1, 0.15) is 450 Å². The van der Waals surface area contributed by atoms with E-state index in [1.807, 2.05) is 152 Å². The molecule has 147 heavy (non-hydrogen) atoms. The summed E-state index contributed by atoms with van der Waals surface area (Å²) in [7, 11) is 0. The number of hydrogen-bond donors (Lipinski definition) is 3. The lowest BCUT2D eigenvalue weighted by Crippen LogP contribution is -2.67. The van der Waals surface area contributed by atoms with Crippen LogP contribution in [0.4, 0.5) is 0 Å². The zero-order valence-electron chi connectivity index (χ0n) is 94.6. The van der Waals surface area contributed by atoms with Gasteiger partial charge in [0.2, 0.25) is 0 Å². The number of rotatable bonds is 28. The molecule has 3 saturated heterocycles. The Balaban J connectivity index is 0.000000160. The van der Waals surface area contributed by atoms with E-state index in [1.165, 1.54) is 70.6 Å². The first-order valence-corrected chi connectivity index (χ1v) is 56.8. The first kappa shape index (κ1) is 120. The van der Waals surface area contributed by atoms with Gasteiger partial charge >= 0.3 is 71.6 Å². The minimum atomic E-state index is -1.06. The lowest BCUT2D eigenvalue weighted by molar-refractivity contribution is -0.264. The Hall–Kier alpha value is -7.50. The molecule has 29 heteroatoms. The van der Waals surface area contributed by atoms with Crippen molar-refractivity contribution in [3.8, 4) is 12.1 Å². The van der Waals surface area contributed by atoms with Crippen molar-refractivity contribution in [3.05, 3.63) is 0 Å². The Labute approximate surface area is 877 Å². The van der Waals surface area contributed by atoms with Gasteiger partial charge < -0.3 is 72.2 Å². The van der Waals surface area contributed by atoms with Crippen LogP contribution in [0.15, 0.2) is 0 Å². The van der Waals surface area contributed by atoms with Gasteiger partial charge in [0.25, 0.3) is 0 Å². The van der Waals surface area contributed by atoms with Crippen LogP contribution in [0.3, 0.4) is 0 Å². The highest BCUT2D eigenvalue weighted by molar-refractivity contribution is 5.87. The Kier molecular flexibility index (Phi) is 36.9. The van der Waals surface area contributed by atoms with Crippen molar-refractivity contribution in [2.24, 2.45) is 119 Å². The van der Waals surface area contributed by atoms with E-state index in [0.717, 1.165) is 135 Å². The Morgan fingerprint density at radius 3 is 1.16 bits per heavy atom. The quantitative estimate of drug-likeness (QED) is 0.0484. The van der Waals surface area contributed by atoms with Crippen molar-refractivity contribution in [2.75, 3.05) is 6.61 Å². The van der Waals surface area contributed by atoms with Gasteiger partial charge in [0, 0.05) is 61.2 Å². The summed E-state index contributed by atoms with van der Waals surface area (Å²) < 4.78 is 66.7. The van der Waals surface area contributed by atoms with Gasteiger partial charge in [-0.1, -0.05) is 88.0 Å². The lowest BCUT2D eigenvalue weighted by Gasteiger charge is -2.62. The molecule has 0 amide bonds. The van der Waals surface area contributed by atoms with Gasteiger partial charge in [0.05, 0.1) is 78.2 Å². The molecular weight excluding hydrogens is 1880 g/mol. The number of aliphatic hydroxyl groups is 3. The van der Waals surface area contributed by atoms with Crippen LogP contribution in [0.2, 0.25) is 0 Å². The number of hydrogen-bond acceptors (Lipinski definition) is 29. The van der Waals surface area contributed by atoms with Crippen molar-refractivity contribution >= 4 is 71.6 Å². The third-order valence-electron chi connectivity index (χ3n) is 39.3. The van der Waals surface area contributed by atoms with Crippen LogP contribution < -0.4 is 0 Å². The monoisotopic (exact) mass is 2060 g/mol.